The average molecular weight is 377 g/mol. The number of hydrogen-bond acceptors (Lipinski definition) is 3. The van der Waals surface area contributed by atoms with Gasteiger partial charge in [0.1, 0.15) is 0 Å². The molecule has 152 valence electrons. The van der Waals surface area contributed by atoms with E-state index in [2.05, 4.69) is 12.2 Å². The van der Waals surface area contributed by atoms with Crippen molar-refractivity contribution in [2.24, 2.45) is 23.7 Å². The number of carbonyl (C=O) groups is 1. The third-order valence-corrected chi connectivity index (χ3v) is 6.99. The molecule has 0 spiro atoms. The quantitative estimate of drug-likeness (QED) is 0.432. The normalized spacial score (nSPS) is 34.4. The van der Waals surface area contributed by atoms with Gasteiger partial charge in [-0.25, -0.2) is 0 Å². The molecule has 3 aliphatic rings. The maximum Gasteiger partial charge on any atom is 0.303 e. The molecule has 3 rings (SSSR count). The minimum absolute atomic E-state index is 0.154. The van der Waals surface area contributed by atoms with E-state index in [1.807, 2.05) is 6.08 Å². The maximum absolute atomic E-state index is 10.6. The fraction of sp³-hybridized carbons (Fsp3) is 0.783. The first-order valence-electron chi connectivity index (χ1n) is 11.0. The Kier molecular flexibility index (Phi) is 7.54. The lowest BCUT2D eigenvalue weighted by Crippen LogP contribution is -2.18. The molecule has 0 amide bonds. The Morgan fingerprint density at radius 3 is 2.70 bits per heavy atom. The van der Waals surface area contributed by atoms with E-state index < -0.39 is 5.97 Å². The molecule has 0 saturated heterocycles. The van der Waals surface area contributed by atoms with Gasteiger partial charge in [0.15, 0.2) is 0 Å². The van der Waals surface area contributed by atoms with Gasteiger partial charge in [0, 0.05) is 12.3 Å². The summed E-state index contributed by atoms with van der Waals surface area (Å²) in [5, 5.41) is 29.6. The fourth-order valence-corrected chi connectivity index (χ4v) is 5.60. The maximum atomic E-state index is 10.6. The van der Waals surface area contributed by atoms with E-state index >= 15 is 0 Å². The van der Waals surface area contributed by atoms with Crippen LogP contribution in [0, 0.1) is 23.7 Å². The molecule has 0 aromatic heterocycles. The molecule has 0 unspecified atom stereocenters. The van der Waals surface area contributed by atoms with Crippen LogP contribution in [0.3, 0.4) is 0 Å². The van der Waals surface area contributed by atoms with Crippen molar-refractivity contribution in [3.05, 3.63) is 23.8 Å². The van der Waals surface area contributed by atoms with Crippen LogP contribution < -0.4 is 0 Å². The van der Waals surface area contributed by atoms with E-state index in [1.54, 1.807) is 0 Å². The van der Waals surface area contributed by atoms with Crippen LogP contribution in [0.2, 0.25) is 0 Å². The van der Waals surface area contributed by atoms with Crippen LogP contribution in [0.15, 0.2) is 23.8 Å². The Morgan fingerprint density at radius 1 is 1.19 bits per heavy atom. The molecule has 5 atom stereocenters. The smallest absolute Gasteiger partial charge is 0.303 e. The highest BCUT2D eigenvalue weighted by Gasteiger charge is 2.44. The zero-order valence-corrected chi connectivity index (χ0v) is 16.4. The zero-order chi connectivity index (χ0) is 19.2. The highest BCUT2D eigenvalue weighted by molar-refractivity contribution is 5.66. The molecule has 0 bridgehead atoms. The molecular formula is C23H36O4. The summed E-state index contributed by atoms with van der Waals surface area (Å²) in [6.07, 6.45) is 17.6. The van der Waals surface area contributed by atoms with E-state index in [0.29, 0.717) is 24.2 Å². The van der Waals surface area contributed by atoms with Crippen LogP contribution in [-0.2, 0) is 4.79 Å². The highest BCUT2D eigenvalue weighted by Crippen LogP contribution is 2.50. The number of carboxylic acid groups (broad SMARTS) is 1. The molecule has 4 heteroatoms. The van der Waals surface area contributed by atoms with E-state index in [0.717, 1.165) is 32.1 Å². The summed E-state index contributed by atoms with van der Waals surface area (Å²) in [5.41, 5.74) is 1.43. The first kappa shape index (κ1) is 20.6. The lowest BCUT2D eigenvalue weighted by molar-refractivity contribution is -0.137. The fourth-order valence-electron chi connectivity index (χ4n) is 5.60. The topological polar surface area (TPSA) is 77.8 Å². The van der Waals surface area contributed by atoms with Crippen molar-refractivity contribution in [1.82, 2.24) is 0 Å². The molecular weight excluding hydrogens is 340 g/mol. The zero-order valence-electron chi connectivity index (χ0n) is 16.4. The van der Waals surface area contributed by atoms with Crippen LogP contribution in [0.4, 0.5) is 0 Å². The number of rotatable bonds is 8. The van der Waals surface area contributed by atoms with Gasteiger partial charge in [-0.1, -0.05) is 55.9 Å². The van der Waals surface area contributed by atoms with Crippen LogP contribution in [0.1, 0.15) is 77.0 Å². The molecule has 0 radical (unpaired) electrons. The van der Waals surface area contributed by atoms with Gasteiger partial charge < -0.3 is 15.3 Å². The van der Waals surface area contributed by atoms with E-state index in [9.17, 15) is 15.0 Å². The molecule has 3 N–H and O–H groups in total. The van der Waals surface area contributed by atoms with Crippen molar-refractivity contribution in [3.63, 3.8) is 0 Å². The molecule has 4 nitrogen and oxygen atoms in total. The standard InChI is InChI=1S/C23H36O4/c24-19(13-16-6-2-1-3-7-16)10-11-20-21-14-17(8-4-5-9-23(26)27)12-18(21)15-22(20)25/h8,10-11,16,18-22,24-25H,1-7,9,12-15H2,(H,26,27)/b11-10+,17-8+/t18-,19+,20-,21+,22-/m1/s1. The lowest BCUT2D eigenvalue weighted by Gasteiger charge is -2.23. The van der Waals surface area contributed by atoms with Gasteiger partial charge in [0.2, 0.25) is 0 Å². The first-order chi connectivity index (χ1) is 13.0. The van der Waals surface area contributed by atoms with Gasteiger partial charge in [0.05, 0.1) is 12.2 Å². The van der Waals surface area contributed by atoms with Crippen molar-refractivity contribution >= 4 is 5.97 Å². The van der Waals surface area contributed by atoms with Crippen molar-refractivity contribution in [1.29, 1.82) is 0 Å². The van der Waals surface area contributed by atoms with Crippen LogP contribution in [-0.4, -0.2) is 33.5 Å². The molecule has 0 heterocycles. The van der Waals surface area contributed by atoms with Gasteiger partial charge in [0.25, 0.3) is 0 Å². The highest BCUT2D eigenvalue weighted by atomic mass is 16.4. The predicted molar refractivity (Wildman–Crippen MR) is 106 cm³/mol. The van der Waals surface area contributed by atoms with Gasteiger partial charge in [-0.3, -0.25) is 4.79 Å². The van der Waals surface area contributed by atoms with Gasteiger partial charge in [-0.2, -0.15) is 0 Å². The number of hydrogen-bond donors (Lipinski definition) is 3. The van der Waals surface area contributed by atoms with Crippen molar-refractivity contribution < 1.29 is 20.1 Å². The van der Waals surface area contributed by atoms with Crippen LogP contribution in [0.25, 0.3) is 0 Å². The summed E-state index contributed by atoms with van der Waals surface area (Å²) in [7, 11) is 0. The number of carboxylic acids is 1. The second-order valence-corrected chi connectivity index (χ2v) is 9.05. The number of aliphatic carboxylic acids is 1. The second-order valence-electron chi connectivity index (χ2n) is 9.05. The summed E-state index contributed by atoms with van der Waals surface area (Å²) < 4.78 is 0. The van der Waals surface area contributed by atoms with Crippen LogP contribution in [0.5, 0.6) is 0 Å². The summed E-state index contributed by atoms with van der Waals surface area (Å²) in [6.45, 7) is 0. The van der Waals surface area contributed by atoms with E-state index in [4.69, 9.17) is 5.11 Å². The van der Waals surface area contributed by atoms with E-state index in [-0.39, 0.29) is 24.5 Å². The van der Waals surface area contributed by atoms with Gasteiger partial charge in [-0.15, -0.1) is 0 Å². The van der Waals surface area contributed by atoms with Crippen molar-refractivity contribution in [2.75, 3.05) is 0 Å². The Labute approximate surface area is 163 Å². The van der Waals surface area contributed by atoms with Gasteiger partial charge in [-0.05, 0) is 56.3 Å². The van der Waals surface area contributed by atoms with Crippen molar-refractivity contribution in [3.8, 4) is 0 Å². The summed E-state index contributed by atoms with van der Waals surface area (Å²) >= 11 is 0. The summed E-state index contributed by atoms with van der Waals surface area (Å²) in [4.78, 5) is 10.6. The number of allylic oxidation sites excluding steroid dienone is 2. The third-order valence-electron chi connectivity index (χ3n) is 6.99. The minimum atomic E-state index is -0.725. The molecule has 27 heavy (non-hydrogen) atoms. The Balaban J connectivity index is 1.48. The molecule has 0 aromatic carbocycles. The molecule has 3 aliphatic carbocycles. The molecule has 3 saturated carbocycles. The van der Waals surface area contributed by atoms with Crippen molar-refractivity contribution in [2.45, 2.75) is 89.3 Å². The predicted octanol–water partition coefficient (Wildman–Crippen LogP) is 4.46. The van der Waals surface area contributed by atoms with E-state index in [1.165, 1.54) is 37.7 Å². The Bertz CT molecular complexity index is 547. The lowest BCUT2D eigenvalue weighted by atomic mass is 9.85. The van der Waals surface area contributed by atoms with Crippen LogP contribution >= 0.6 is 0 Å². The first-order valence-corrected chi connectivity index (χ1v) is 11.0. The minimum Gasteiger partial charge on any atom is -0.481 e. The average Bonchev–Trinajstić information content (AvgIpc) is 3.14. The SMILES string of the molecule is O=C(O)CCC/C=C1\C[C@@H]2C[C@@H](O)[C@H](/C=C/[C@H](O)CC3CCCCC3)[C@H]2C1. The number of fused-ring (bicyclic) bond motifs is 1. The summed E-state index contributed by atoms with van der Waals surface area (Å²) in [6, 6.07) is 0. The third kappa shape index (κ3) is 5.92. The largest absolute Gasteiger partial charge is 0.481 e. The summed E-state index contributed by atoms with van der Waals surface area (Å²) in [5.74, 6) is 1.10. The number of aliphatic hydroxyl groups excluding tert-OH is 2. The second kappa shape index (κ2) is 9.88. The Morgan fingerprint density at radius 2 is 1.96 bits per heavy atom. The number of aliphatic hydroxyl groups is 2. The molecule has 0 aromatic rings. The molecule has 0 aliphatic heterocycles. The Hall–Kier alpha value is -1.13. The number of unbranched alkanes of at least 4 members (excludes halogenated alkanes) is 1. The molecule has 3 fully saturated rings. The van der Waals surface area contributed by atoms with Gasteiger partial charge >= 0.3 is 5.97 Å². The monoisotopic (exact) mass is 376 g/mol.